The number of thiazole rings is 1. The summed E-state index contributed by atoms with van der Waals surface area (Å²) >= 11 is 1.40. The Kier molecular flexibility index (Phi) is 3.06. The summed E-state index contributed by atoms with van der Waals surface area (Å²) in [5.41, 5.74) is 7.23. The molecule has 4 nitrogen and oxygen atoms in total. The van der Waals surface area contributed by atoms with Crippen molar-refractivity contribution in [2.24, 2.45) is 5.73 Å². The number of aromatic nitrogens is 2. The molecule has 3 aromatic rings. The molecule has 0 aliphatic heterocycles. The number of carbonyl (C=O) groups excluding carboxylic acids is 1. The molecular weight excluding hydrogens is 258 g/mol. The molecule has 3 rings (SSSR count). The highest BCUT2D eigenvalue weighted by atomic mass is 32.1. The van der Waals surface area contributed by atoms with Crippen molar-refractivity contribution in [2.45, 2.75) is 6.54 Å². The van der Waals surface area contributed by atoms with Crippen molar-refractivity contribution in [1.29, 1.82) is 0 Å². The molecule has 0 spiro atoms. The summed E-state index contributed by atoms with van der Waals surface area (Å²) in [5, 5.41) is 3.45. The highest BCUT2D eigenvalue weighted by Gasteiger charge is 2.16. The molecule has 0 saturated heterocycles. The van der Waals surface area contributed by atoms with Gasteiger partial charge in [-0.1, -0.05) is 18.2 Å². The lowest BCUT2D eigenvalue weighted by Gasteiger charge is -2.02. The van der Waals surface area contributed by atoms with Gasteiger partial charge in [0.1, 0.15) is 10.7 Å². The van der Waals surface area contributed by atoms with Gasteiger partial charge in [-0.25, -0.2) is 4.98 Å². The van der Waals surface area contributed by atoms with E-state index in [9.17, 15) is 4.79 Å². The van der Waals surface area contributed by atoms with Crippen LogP contribution in [0.3, 0.4) is 0 Å². The number of nitrogens with two attached hydrogens (primary N) is 1. The third-order valence-electron chi connectivity index (χ3n) is 2.84. The molecule has 0 radical (unpaired) electrons. The zero-order chi connectivity index (χ0) is 13.2. The first kappa shape index (κ1) is 12.0. The number of nitrogens with zero attached hydrogens (tertiary/aromatic N) is 2. The third-order valence-corrected chi connectivity index (χ3v) is 3.71. The average Bonchev–Trinajstić information content (AvgIpc) is 2.95. The fourth-order valence-electron chi connectivity index (χ4n) is 1.93. The van der Waals surface area contributed by atoms with Crippen molar-refractivity contribution in [3.63, 3.8) is 0 Å². The van der Waals surface area contributed by atoms with E-state index in [0.717, 1.165) is 10.4 Å². The van der Waals surface area contributed by atoms with Gasteiger partial charge in [-0.15, -0.1) is 11.3 Å². The number of para-hydroxylation sites is 1. The van der Waals surface area contributed by atoms with E-state index in [0.29, 0.717) is 23.3 Å². The zero-order valence-corrected chi connectivity index (χ0v) is 10.9. The van der Waals surface area contributed by atoms with Gasteiger partial charge >= 0.3 is 0 Å². The minimum absolute atomic E-state index is 0.111. The number of fused-ring (bicyclic) bond motifs is 1. The van der Waals surface area contributed by atoms with Gasteiger partial charge < -0.3 is 5.73 Å². The van der Waals surface area contributed by atoms with Crippen molar-refractivity contribution in [1.82, 2.24) is 9.97 Å². The minimum atomic E-state index is -0.111. The highest BCUT2D eigenvalue weighted by molar-refractivity contribution is 7.09. The smallest absolute Gasteiger partial charge is 0.214 e. The summed E-state index contributed by atoms with van der Waals surface area (Å²) in [6.45, 7) is 0.353. The van der Waals surface area contributed by atoms with Crippen LogP contribution in [0.2, 0.25) is 0 Å². The lowest BCUT2D eigenvalue weighted by Crippen LogP contribution is -2.04. The molecule has 2 heterocycles. The lowest BCUT2D eigenvalue weighted by atomic mass is 10.0. The van der Waals surface area contributed by atoms with E-state index in [1.807, 2.05) is 24.3 Å². The van der Waals surface area contributed by atoms with E-state index < -0.39 is 0 Å². The van der Waals surface area contributed by atoms with Crippen LogP contribution in [0.25, 0.3) is 10.9 Å². The van der Waals surface area contributed by atoms with Crippen LogP contribution < -0.4 is 5.73 Å². The Balaban J connectivity index is 2.11. The molecule has 19 heavy (non-hydrogen) atoms. The van der Waals surface area contributed by atoms with Gasteiger partial charge in [0.05, 0.1) is 11.1 Å². The molecule has 0 atom stereocenters. The Bertz CT molecular complexity index is 746. The number of hydrogen-bond donors (Lipinski definition) is 1. The predicted molar refractivity (Wildman–Crippen MR) is 75.2 cm³/mol. The molecule has 0 bridgehead atoms. The largest absolute Gasteiger partial charge is 0.325 e. The maximum Gasteiger partial charge on any atom is 0.214 e. The standard InChI is InChI=1S/C14H11N3OS/c15-7-12-17-11(8-19-12)14(18)10-5-1-3-9-4-2-6-16-13(9)10/h1-6,8H,7,15H2. The van der Waals surface area contributed by atoms with E-state index in [-0.39, 0.29) is 5.78 Å². The lowest BCUT2D eigenvalue weighted by molar-refractivity contribution is 0.103. The summed E-state index contributed by atoms with van der Waals surface area (Å²) in [7, 11) is 0. The fourth-order valence-corrected chi connectivity index (χ4v) is 2.59. The predicted octanol–water partition coefficient (Wildman–Crippen LogP) is 2.38. The highest BCUT2D eigenvalue weighted by Crippen LogP contribution is 2.20. The third kappa shape index (κ3) is 2.14. The van der Waals surface area contributed by atoms with E-state index in [4.69, 9.17) is 5.73 Å². The van der Waals surface area contributed by atoms with E-state index in [1.54, 1.807) is 17.6 Å². The Labute approximate surface area is 113 Å². The van der Waals surface area contributed by atoms with Crippen LogP contribution in [0.15, 0.2) is 41.9 Å². The van der Waals surface area contributed by atoms with Crippen LogP contribution in [-0.2, 0) is 6.54 Å². The van der Waals surface area contributed by atoms with Crippen molar-refractivity contribution >= 4 is 28.0 Å². The molecule has 0 fully saturated rings. The molecule has 0 amide bonds. The molecule has 0 unspecified atom stereocenters. The number of pyridine rings is 1. The van der Waals surface area contributed by atoms with Gasteiger partial charge in [-0.2, -0.15) is 0 Å². The maximum atomic E-state index is 12.5. The Morgan fingerprint density at radius 2 is 2.11 bits per heavy atom. The van der Waals surface area contributed by atoms with Crippen molar-refractivity contribution in [3.8, 4) is 0 Å². The number of carbonyl (C=O) groups is 1. The summed E-state index contributed by atoms with van der Waals surface area (Å²) < 4.78 is 0. The molecular formula is C14H11N3OS. The molecule has 94 valence electrons. The topological polar surface area (TPSA) is 68.9 Å². The average molecular weight is 269 g/mol. The van der Waals surface area contributed by atoms with Crippen LogP contribution in [0.5, 0.6) is 0 Å². The normalized spacial score (nSPS) is 10.8. The Morgan fingerprint density at radius 1 is 1.26 bits per heavy atom. The molecule has 1 aromatic carbocycles. The summed E-state index contributed by atoms with van der Waals surface area (Å²) in [4.78, 5) is 21.0. The molecule has 0 aliphatic carbocycles. The second-order valence-electron chi connectivity index (χ2n) is 4.04. The van der Waals surface area contributed by atoms with Gasteiger partial charge in [-0.3, -0.25) is 9.78 Å². The SMILES string of the molecule is NCc1nc(C(=O)c2cccc3cccnc23)cs1. The zero-order valence-electron chi connectivity index (χ0n) is 10.0. The fraction of sp³-hybridized carbons (Fsp3) is 0.0714. The van der Waals surface area contributed by atoms with Crippen molar-refractivity contribution in [3.05, 3.63) is 58.2 Å². The molecule has 2 aromatic heterocycles. The van der Waals surface area contributed by atoms with Crippen LogP contribution in [0.4, 0.5) is 0 Å². The maximum absolute atomic E-state index is 12.5. The Hall–Kier alpha value is -2.11. The summed E-state index contributed by atoms with van der Waals surface area (Å²) in [5.74, 6) is -0.111. The summed E-state index contributed by atoms with van der Waals surface area (Å²) in [6, 6.07) is 9.36. The summed E-state index contributed by atoms with van der Waals surface area (Å²) in [6.07, 6.45) is 1.69. The monoisotopic (exact) mass is 269 g/mol. The number of benzene rings is 1. The first-order valence-corrected chi connectivity index (χ1v) is 6.70. The number of rotatable bonds is 3. The van der Waals surface area contributed by atoms with Crippen LogP contribution in [-0.4, -0.2) is 15.8 Å². The van der Waals surface area contributed by atoms with E-state index >= 15 is 0 Å². The number of hydrogen-bond acceptors (Lipinski definition) is 5. The van der Waals surface area contributed by atoms with Crippen LogP contribution in [0.1, 0.15) is 21.1 Å². The minimum Gasteiger partial charge on any atom is -0.325 e. The molecule has 5 heteroatoms. The number of ketones is 1. The van der Waals surface area contributed by atoms with Crippen molar-refractivity contribution in [2.75, 3.05) is 0 Å². The molecule has 2 N–H and O–H groups in total. The van der Waals surface area contributed by atoms with Crippen LogP contribution >= 0.6 is 11.3 Å². The second-order valence-corrected chi connectivity index (χ2v) is 4.98. The van der Waals surface area contributed by atoms with Crippen LogP contribution in [0, 0.1) is 0 Å². The quantitative estimate of drug-likeness (QED) is 0.741. The van der Waals surface area contributed by atoms with Gasteiger partial charge in [0.25, 0.3) is 0 Å². The molecule has 0 aliphatic rings. The van der Waals surface area contributed by atoms with Crippen molar-refractivity contribution < 1.29 is 4.79 Å². The van der Waals surface area contributed by atoms with Gasteiger partial charge in [0.15, 0.2) is 0 Å². The molecule has 0 saturated carbocycles. The van der Waals surface area contributed by atoms with E-state index in [1.165, 1.54) is 11.3 Å². The second kappa shape index (κ2) is 4.87. The van der Waals surface area contributed by atoms with E-state index in [2.05, 4.69) is 9.97 Å². The Morgan fingerprint density at radius 3 is 2.89 bits per heavy atom. The van der Waals surface area contributed by atoms with Gasteiger partial charge in [0.2, 0.25) is 5.78 Å². The van der Waals surface area contributed by atoms with Gasteiger partial charge in [0, 0.05) is 23.5 Å². The first-order valence-electron chi connectivity index (χ1n) is 5.82. The first-order chi connectivity index (χ1) is 9.29. The van der Waals surface area contributed by atoms with Gasteiger partial charge in [-0.05, 0) is 12.1 Å².